The average molecular weight is 201 g/mol. The van der Waals surface area contributed by atoms with E-state index in [0.717, 1.165) is 19.4 Å². The van der Waals surface area contributed by atoms with Crippen LogP contribution in [0, 0.1) is 0 Å². The van der Waals surface area contributed by atoms with Crippen LogP contribution in [-0.4, -0.2) is 54.6 Å². The van der Waals surface area contributed by atoms with Gasteiger partial charge in [-0.1, -0.05) is 0 Å². The Hall–Kier alpha value is -0.810. The number of carboxylic acid groups (broad SMARTS) is 1. The first-order valence-electron chi connectivity index (χ1n) is 4.97. The second kappa shape index (κ2) is 4.14. The molecule has 5 heteroatoms. The molecule has 1 N–H and O–H groups in total. The normalized spacial score (nSPS) is 32.4. The summed E-state index contributed by atoms with van der Waals surface area (Å²) in [6.07, 6.45) is 1.14. The zero-order valence-corrected chi connectivity index (χ0v) is 8.02. The van der Waals surface area contributed by atoms with Crippen LogP contribution >= 0.6 is 0 Å². The number of hydrogen-bond donors (Lipinski definition) is 1. The van der Waals surface area contributed by atoms with E-state index in [2.05, 4.69) is 0 Å². The Kier molecular flexibility index (Phi) is 2.88. The fourth-order valence-corrected chi connectivity index (χ4v) is 1.91. The van der Waals surface area contributed by atoms with Gasteiger partial charge >= 0.3 is 6.09 Å². The van der Waals surface area contributed by atoms with Gasteiger partial charge in [-0.2, -0.15) is 0 Å². The van der Waals surface area contributed by atoms with E-state index in [4.69, 9.17) is 14.6 Å². The van der Waals surface area contributed by atoms with Crippen LogP contribution in [0.1, 0.15) is 12.8 Å². The number of hydrogen-bond acceptors (Lipinski definition) is 3. The van der Waals surface area contributed by atoms with Crippen molar-refractivity contribution in [2.45, 2.75) is 25.0 Å². The molecule has 2 heterocycles. The predicted octanol–water partition coefficient (Wildman–Crippen LogP) is 0.544. The van der Waals surface area contributed by atoms with Gasteiger partial charge in [-0.25, -0.2) is 4.79 Å². The van der Waals surface area contributed by atoms with Crippen molar-refractivity contribution in [3.8, 4) is 0 Å². The number of amides is 1. The summed E-state index contributed by atoms with van der Waals surface area (Å²) in [5.74, 6) is 0. The minimum Gasteiger partial charge on any atom is -0.465 e. The summed E-state index contributed by atoms with van der Waals surface area (Å²) in [7, 11) is 0. The molecule has 2 atom stereocenters. The van der Waals surface area contributed by atoms with E-state index < -0.39 is 6.09 Å². The maximum absolute atomic E-state index is 10.6. The number of nitrogens with zero attached hydrogens (tertiary/aromatic N) is 1. The molecule has 2 rings (SSSR count). The van der Waals surface area contributed by atoms with Crippen molar-refractivity contribution in [2.75, 3.05) is 26.3 Å². The topological polar surface area (TPSA) is 59.0 Å². The van der Waals surface area contributed by atoms with Crippen LogP contribution < -0.4 is 0 Å². The van der Waals surface area contributed by atoms with E-state index in [-0.39, 0.29) is 12.2 Å². The molecule has 5 nitrogen and oxygen atoms in total. The molecule has 2 aliphatic heterocycles. The van der Waals surface area contributed by atoms with E-state index in [1.165, 1.54) is 4.90 Å². The summed E-state index contributed by atoms with van der Waals surface area (Å²) in [5.41, 5.74) is 0. The molecule has 2 fully saturated rings. The molecule has 0 radical (unpaired) electrons. The van der Waals surface area contributed by atoms with Crippen LogP contribution in [-0.2, 0) is 9.47 Å². The van der Waals surface area contributed by atoms with Crippen LogP contribution in [0.3, 0.4) is 0 Å². The minimum absolute atomic E-state index is 0.0674. The number of carbonyl (C=O) groups is 1. The largest absolute Gasteiger partial charge is 0.465 e. The summed E-state index contributed by atoms with van der Waals surface area (Å²) < 4.78 is 10.9. The zero-order chi connectivity index (χ0) is 9.97. The van der Waals surface area contributed by atoms with Gasteiger partial charge in [0.2, 0.25) is 0 Å². The Morgan fingerprint density at radius 3 is 2.86 bits per heavy atom. The molecule has 0 aromatic heterocycles. The van der Waals surface area contributed by atoms with Crippen molar-refractivity contribution in [3.63, 3.8) is 0 Å². The number of likely N-dealkylation sites (tertiary alicyclic amines) is 1. The Morgan fingerprint density at radius 2 is 2.29 bits per heavy atom. The van der Waals surface area contributed by atoms with Crippen LogP contribution in [0.25, 0.3) is 0 Å². The molecule has 1 amide bonds. The van der Waals surface area contributed by atoms with Crippen LogP contribution in [0.15, 0.2) is 0 Å². The van der Waals surface area contributed by atoms with Gasteiger partial charge in [0.25, 0.3) is 0 Å². The lowest BCUT2D eigenvalue weighted by Gasteiger charge is -2.16. The van der Waals surface area contributed by atoms with E-state index in [1.807, 2.05) is 0 Å². The molecule has 0 aliphatic carbocycles. The zero-order valence-electron chi connectivity index (χ0n) is 8.02. The second-order valence-electron chi connectivity index (χ2n) is 3.76. The molecule has 0 saturated carbocycles. The van der Waals surface area contributed by atoms with Gasteiger partial charge in [-0.15, -0.1) is 0 Å². The van der Waals surface area contributed by atoms with Gasteiger partial charge in [-0.3, -0.25) is 0 Å². The highest BCUT2D eigenvalue weighted by Gasteiger charge is 2.29. The van der Waals surface area contributed by atoms with Gasteiger partial charge in [0.1, 0.15) is 0 Å². The third-order valence-corrected chi connectivity index (χ3v) is 2.69. The standard InChI is InChI=1S/C9H15NO4/c11-9(12)10-3-1-7(5-10)14-8-2-4-13-6-8/h7-8H,1-6H2,(H,11,12)/t7-,8-/m1/s1. The summed E-state index contributed by atoms with van der Waals surface area (Å²) in [5, 5.41) is 8.74. The summed E-state index contributed by atoms with van der Waals surface area (Å²) in [6.45, 7) is 2.52. The highest BCUT2D eigenvalue weighted by molar-refractivity contribution is 5.65. The number of rotatable bonds is 2. The monoisotopic (exact) mass is 201 g/mol. The highest BCUT2D eigenvalue weighted by Crippen LogP contribution is 2.18. The Balaban J connectivity index is 1.75. The molecule has 2 saturated heterocycles. The van der Waals surface area contributed by atoms with E-state index in [0.29, 0.717) is 19.7 Å². The van der Waals surface area contributed by atoms with Crippen molar-refractivity contribution < 1.29 is 19.4 Å². The molecule has 0 unspecified atom stereocenters. The van der Waals surface area contributed by atoms with Gasteiger partial charge in [0, 0.05) is 13.2 Å². The van der Waals surface area contributed by atoms with Crippen molar-refractivity contribution >= 4 is 6.09 Å². The maximum atomic E-state index is 10.6. The second-order valence-corrected chi connectivity index (χ2v) is 3.76. The van der Waals surface area contributed by atoms with Crippen molar-refractivity contribution in [2.24, 2.45) is 0 Å². The molecule has 0 bridgehead atoms. The van der Waals surface area contributed by atoms with Crippen molar-refractivity contribution in [1.29, 1.82) is 0 Å². The fraction of sp³-hybridized carbons (Fsp3) is 0.889. The molecule has 0 aromatic rings. The fourth-order valence-electron chi connectivity index (χ4n) is 1.91. The van der Waals surface area contributed by atoms with Crippen LogP contribution in [0.4, 0.5) is 4.79 Å². The molecular formula is C9H15NO4. The third-order valence-electron chi connectivity index (χ3n) is 2.69. The lowest BCUT2D eigenvalue weighted by atomic mass is 10.3. The SMILES string of the molecule is O=C(O)N1CC[C@@H](O[C@@H]2CCOC2)C1. The van der Waals surface area contributed by atoms with Gasteiger partial charge < -0.3 is 19.5 Å². The molecule has 14 heavy (non-hydrogen) atoms. The third kappa shape index (κ3) is 2.16. The molecule has 2 aliphatic rings. The Labute approximate surface area is 82.6 Å². The maximum Gasteiger partial charge on any atom is 0.407 e. The van der Waals surface area contributed by atoms with Crippen molar-refractivity contribution in [1.82, 2.24) is 4.90 Å². The average Bonchev–Trinajstić information content (AvgIpc) is 2.75. The smallest absolute Gasteiger partial charge is 0.407 e. The highest BCUT2D eigenvalue weighted by atomic mass is 16.6. The summed E-state index contributed by atoms with van der Waals surface area (Å²) >= 11 is 0. The van der Waals surface area contributed by atoms with Gasteiger partial charge in [0.15, 0.2) is 0 Å². The predicted molar refractivity (Wildman–Crippen MR) is 48.3 cm³/mol. The van der Waals surface area contributed by atoms with E-state index in [9.17, 15) is 4.79 Å². The first-order chi connectivity index (χ1) is 6.75. The van der Waals surface area contributed by atoms with Crippen LogP contribution in [0.2, 0.25) is 0 Å². The number of ether oxygens (including phenoxy) is 2. The lowest BCUT2D eigenvalue weighted by Crippen LogP contribution is -2.30. The molecule has 0 aromatic carbocycles. The minimum atomic E-state index is -0.848. The Bertz CT molecular complexity index is 215. The van der Waals surface area contributed by atoms with Gasteiger partial charge in [-0.05, 0) is 12.8 Å². The van der Waals surface area contributed by atoms with Crippen LogP contribution in [0.5, 0.6) is 0 Å². The Morgan fingerprint density at radius 1 is 1.43 bits per heavy atom. The summed E-state index contributed by atoms with van der Waals surface area (Å²) in [4.78, 5) is 12.0. The van der Waals surface area contributed by atoms with Gasteiger partial charge in [0.05, 0.1) is 25.4 Å². The molecular weight excluding hydrogens is 186 g/mol. The first-order valence-corrected chi connectivity index (χ1v) is 4.97. The quantitative estimate of drug-likeness (QED) is 0.708. The summed E-state index contributed by atoms with van der Waals surface area (Å²) in [6, 6.07) is 0. The van der Waals surface area contributed by atoms with E-state index in [1.54, 1.807) is 0 Å². The molecule has 80 valence electrons. The van der Waals surface area contributed by atoms with Crippen molar-refractivity contribution in [3.05, 3.63) is 0 Å². The van der Waals surface area contributed by atoms with E-state index >= 15 is 0 Å². The molecule has 0 spiro atoms. The lowest BCUT2D eigenvalue weighted by molar-refractivity contribution is -0.00949. The first kappa shape index (κ1) is 9.73.